The molecule has 0 radical (unpaired) electrons. The summed E-state index contributed by atoms with van der Waals surface area (Å²) in [7, 11) is 0. The lowest BCUT2D eigenvalue weighted by Gasteiger charge is -2.08. The number of hydrogen-bond acceptors (Lipinski definition) is 8. The molecule has 0 spiro atoms. The Kier molecular flexibility index (Phi) is 6.73. The summed E-state index contributed by atoms with van der Waals surface area (Å²) in [5.74, 6) is 2.13. The lowest BCUT2D eigenvalue weighted by Crippen LogP contribution is -2.16. The minimum Gasteiger partial charge on any atom is -0.467 e. The van der Waals surface area contributed by atoms with Crippen LogP contribution in [0.3, 0.4) is 0 Å². The highest BCUT2D eigenvalue weighted by Gasteiger charge is 2.22. The zero-order valence-corrected chi connectivity index (χ0v) is 19.6. The molecule has 1 fully saturated rings. The van der Waals surface area contributed by atoms with Crippen molar-refractivity contribution in [1.29, 1.82) is 0 Å². The van der Waals surface area contributed by atoms with Crippen LogP contribution in [0.25, 0.3) is 5.69 Å². The number of para-hydroxylation sites is 1. The maximum absolute atomic E-state index is 12.7. The maximum Gasteiger partial charge on any atom is 0.235 e. The molecule has 1 saturated carbocycles. The summed E-state index contributed by atoms with van der Waals surface area (Å²) in [5.41, 5.74) is 1.98. The van der Waals surface area contributed by atoms with Crippen molar-refractivity contribution in [3.8, 4) is 5.69 Å². The number of hydrogen-bond donors (Lipinski definition) is 2. The molecule has 0 atom stereocenters. The average Bonchev–Trinajstić information content (AvgIpc) is 3.64. The van der Waals surface area contributed by atoms with Crippen LogP contribution >= 0.6 is 23.1 Å². The molecule has 0 bridgehead atoms. The number of nitrogens with zero attached hydrogens (tertiary/aromatic N) is 4. The number of carbonyl (C=O) groups excluding carboxylic acids is 1. The molecular weight excluding hydrogens is 456 g/mol. The number of thioether (sulfide) groups is 1. The van der Waals surface area contributed by atoms with Crippen LogP contribution < -0.4 is 10.6 Å². The second-order valence-electron chi connectivity index (χ2n) is 7.83. The Balaban J connectivity index is 1.21. The fourth-order valence-corrected chi connectivity index (χ4v) is 5.44. The van der Waals surface area contributed by atoms with Crippen molar-refractivity contribution in [2.75, 3.05) is 16.4 Å². The van der Waals surface area contributed by atoms with Gasteiger partial charge in [0.2, 0.25) is 11.0 Å². The number of nitrogens with one attached hydrogen (secondary N) is 2. The fourth-order valence-electron chi connectivity index (χ4n) is 3.90. The Labute approximate surface area is 199 Å². The Bertz CT molecular complexity index is 1180. The highest BCUT2D eigenvalue weighted by molar-refractivity contribution is 8.01. The van der Waals surface area contributed by atoms with Gasteiger partial charge in [-0.1, -0.05) is 54.1 Å². The largest absolute Gasteiger partial charge is 0.467 e. The monoisotopic (exact) mass is 480 g/mol. The van der Waals surface area contributed by atoms with E-state index in [1.165, 1.54) is 35.9 Å². The highest BCUT2D eigenvalue weighted by atomic mass is 32.2. The van der Waals surface area contributed by atoms with E-state index in [2.05, 4.69) is 20.8 Å². The minimum atomic E-state index is -0.102. The zero-order valence-electron chi connectivity index (χ0n) is 17.9. The molecule has 0 aliphatic heterocycles. The van der Waals surface area contributed by atoms with Crippen molar-refractivity contribution < 1.29 is 9.21 Å². The number of carbonyl (C=O) groups is 1. The smallest absolute Gasteiger partial charge is 0.235 e. The number of rotatable bonds is 9. The van der Waals surface area contributed by atoms with Gasteiger partial charge in [0.1, 0.15) is 11.6 Å². The van der Waals surface area contributed by atoms with Gasteiger partial charge in [-0.3, -0.25) is 4.79 Å². The van der Waals surface area contributed by atoms with Crippen LogP contribution in [0.2, 0.25) is 0 Å². The van der Waals surface area contributed by atoms with Crippen molar-refractivity contribution in [3.63, 3.8) is 0 Å². The van der Waals surface area contributed by atoms with E-state index >= 15 is 0 Å². The predicted molar refractivity (Wildman–Crippen MR) is 130 cm³/mol. The molecule has 8 nitrogen and oxygen atoms in total. The standard InChI is InChI=1S/C23H24N6O2S2/c30-21(15-32-23-27-26-22(33-23)24-14-18-11-6-12-31-18)25-20-13-19(16-7-4-5-8-16)28-29(20)17-9-2-1-3-10-17/h1-3,6,9-13,16H,4-5,7-8,14-15H2,(H,24,26)(H,25,30). The molecule has 3 heterocycles. The summed E-state index contributed by atoms with van der Waals surface area (Å²) in [6, 6.07) is 15.7. The number of amides is 1. The average molecular weight is 481 g/mol. The number of furan rings is 1. The van der Waals surface area contributed by atoms with Gasteiger partial charge in [-0.2, -0.15) is 5.10 Å². The minimum absolute atomic E-state index is 0.102. The van der Waals surface area contributed by atoms with E-state index in [0.717, 1.165) is 34.3 Å². The molecule has 170 valence electrons. The molecule has 3 aromatic heterocycles. The molecule has 1 aliphatic carbocycles. The normalized spacial score (nSPS) is 13.9. The van der Waals surface area contributed by atoms with Crippen LogP contribution in [0.15, 0.2) is 63.6 Å². The Hall–Kier alpha value is -3.11. The van der Waals surface area contributed by atoms with E-state index in [0.29, 0.717) is 23.4 Å². The van der Waals surface area contributed by atoms with Crippen LogP contribution in [0.1, 0.15) is 43.1 Å². The summed E-state index contributed by atoms with van der Waals surface area (Å²) in [6.45, 7) is 0.541. The first-order valence-corrected chi connectivity index (χ1v) is 12.7. The molecule has 33 heavy (non-hydrogen) atoms. The summed E-state index contributed by atoms with van der Waals surface area (Å²) < 4.78 is 7.86. The van der Waals surface area contributed by atoms with E-state index < -0.39 is 0 Å². The summed E-state index contributed by atoms with van der Waals surface area (Å²) in [6.07, 6.45) is 6.42. The van der Waals surface area contributed by atoms with E-state index in [9.17, 15) is 4.79 Å². The molecule has 2 N–H and O–H groups in total. The SMILES string of the molecule is O=C(CSc1nnc(NCc2ccco2)s1)Nc1cc(C2CCCC2)nn1-c1ccccc1. The number of anilines is 2. The van der Waals surface area contributed by atoms with Crippen molar-refractivity contribution in [3.05, 3.63) is 66.2 Å². The van der Waals surface area contributed by atoms with Crippen molar-refractivity contribution in [2.24, 2.45) is 0 Å². The third-order valence-electron chi connectivity index (χ3n) is 5.50. The van der Waals surface area contributed by atoms with E-state index in [1.54, 1.807) is 6.26 Å². The maximum atomic E-state index is 12.7. The summed E-state index contributed by atoms with van der Waals surface area (Å²) in [4.78, 5) is 12.7. The second-order valence-corrected chi connectivity index (χ2v) is 10.0. The third-order valence-corrected chi connectivity index (χ3v) is 7.51. The van der Waals surface area contributed by atoms with Crippen LogP contribution in [0.5, 0.6) is 0 Å². The zero-order chi connectivity index (χ0) is 22.5. The fraction of sp³-hybridized carbons (Fsp3) is 0.304. The number of aromatic nitrogens is 4. The molecule has 1 amide bonds. The van der Waals surface area contributed by atoms with Crippen LogP contribution in [0.4, 0.5) is 10.9 Å². The van der Waals surface area contributed by atoms with Crippen LogP contribution in [-0.2, 0) is 11.3 Å². The first-order chi connectivity index (χ1) is 16.2. The Morgan fingerprint density at radius 3 is 2.79 bits per heavy atom. The van der Waals surface area contributed by atoms with Gasteiger partial charge in [0.25, 0.3) is 0 Å². The summed E-state index contributed by atoms with van der Waals surface area (Å²) in [5, 5.41) is 20.0. The van der Waals surface area contributed by atoms with Gasteiger partial charge >= 0.3 is 0 Å². The second kappa shape index (κ2) is 10.2. The molecule has 1 aliphatic rings. The van der Waals surface area contributed by atoms with Gasteiger partial charge in [0.05, 0.1) is 29.9 Å². The van der Waals surface area contributed by atoms with Crippen molar-refractivity contribution in [2.45, 2.75) is 42.5 Å². The third kappa shape index (κ3) is 5.45. The topological polar surface area (TPSA) is 97.9 Å². The van der Waals surface area contributed by atoms with Gasteiger partial charge in [-0.25, -0.2) is 4.68 Å². The number of benzene rings is 1. The molecule has 0 saturated heterocycles. The van der Waals surface area contributed by atoms with E-state index in [4.69, 9.17) is 9.52 Å². The first-order valence-electron chi connectivity index (χ1n) is 10.9. The van der Waals surface area contributed by atoms with E-state index in [-0.39, 0.29) is 11.7 Å². The van der Waals surface area contributed by atoms with E-state index in [1.807, 2.05) is 53.2 Å². The van der Waals surface area contributed by atoms with Gasteiger partial charge in [-0.15, -0.1) is 10.2 Å². The lowest BCUT2D eigenvalue weighted by atomic mass is 10.0. The van der Waals surface area contributed by atoms with Crippen LogP contribution in [0, 0.1) is 0 Å². The quantitative estimate of drug-likeness (QED) is 0.313. The summed E-state index contributed by atoms with van der Waals surface area (Å²) >= 11 is 2.78. The van der Waals surface area contributed by atoms with Crippen molar-refractivity contribution in [1.82, 2.24) is 20.0 Å². The lowest BCUT2D eigenvalue weighted by molar-refractivity contribution is -0.113. The van der Waals surface area contributed by atoms with Gasteiger partial charge < -0.3 is 15.1 Å². The molecule has 4 aromatic rings. The molecule has 5 rings (SSSR count). The van der Waals surface area contributed by atoms with Gasteiger partial charge in [-0.05, 0) is 37.1 Å². The molecule has 0 unspecified atom stereocenters. The first kappa shape index (κ1) is 21.7. The predicted octanol–water partition coefficient (Wildman–Crippen LogP) is 5.32. The van der Waals surface area contributed by atoms with Gasteiger partial charge in [0, 0.05) is 12.0 Å². The molecule has 1 aromatic carbocycles. The Morgan fingerprint density at radius 1 is 1.15 bits per heavy atom. The van der Waals surface area contributed by atoms with Gasteiger partial charge in [0.15, 0.2) is 4.34 Å². The molecule has 10 heteroatoms. The highest BCUT2D eigenvalue weighted by Crippen LogP contribution is 2.35. The molecular formula is C23H24N6O2S2. The van der Waals surface area contributed by atoms with Crippen molar-refractivity contribution >= 4 is 40.0 Å². The Morgan fingerprint density at radius 2 is 2.00 bits per heavy atom. The van der Waals surface area contributed by atoms with Crippen LogP contribution in [-0.4, -0.2) is 31.6 Å².